The number of aromatic nitrogens is 2. The van der Waals surface area contributed by atoms with Gasteiger partial charge in [0.2, 0.25) is 0 Å². The summed E-state index contributed by atoms with van der Waals surface area (Å²) < 4.78 is 1.99. The van der Waals surface area contributed by atoms with Crippen LogP contribution in [-0.4, -0.2) is 20.5 Å². The van der Waals surface area contributed by atoms with Crippen molar-refractivity contribution in [3.8, 4) is 11.3 Å². The molecule has 3 aromatic rings. The van der Waals surface area contributed by atoms with Gasteiger partial charge in [0.15, 0.2) is 0 Å². The van der Waals surface area contributed by atoms with Crippen LogP contribution >= 0.6 is 0 Å². The zero-order valence-electron chi connectivity index (χ0n) is 12.7. The lowest BCUT2D eigenvalue weighted by Crippen LogP contribution is -2.01. The molecule has 0 unspecified atom stereocenters. The lowest BCUT2D eigenvalue weighted by atomic mass is 10.1. The Kier molecular flexibility index (Phi) is 3.67. The number of pyridine rings is 1. The Morgan fingerprint density at radius 3 is 2.55 bits per heavy atom. The van der Waals surface area contributed by atoms with Crippen molar-refractivity contribution in [1.82, 2.24) is 9.38 Å². The molecule has 2 aromatic heterocycles. The number of carbonyl (C=O) groups is 1. The highest BCUT2D eigenvalue weighted by Gasteiger charge is 2.15. The Morgan fingerprint density at radius 1 is 1.14 bits per heavy atom. The van der Waals surface area contributed by atoms with Crippen LogP contribution in [0, 0.1) is 13.8 Å². The number of aliphatic carboxylic acids is 1. The molecule has 4 nitrogen and oxygen atoms in total. The summed E-state index contributed by atoms with van der Waals surface area (Å²) >= 11 is 0. The van der Waals surface area contributed by atoms with E-state index < -0.39 is 5.97 Å². The van der Waals surface area contributed by atoms with Gasteiger partial charge < -0.3 is 9.51 Å². The standard InChI is InChI=1S/C18H18N2O2/c1-12-3-5-14(6-4-12)18-15(7-8-17(21)22)20-10-9-13(2)11-16(20)19-18/h3-6,9-11H,7-8H2,1-2H3,(H,21,22). The quantitative estimate of drug-likeness (QED) is 0.799. The van der Waals surface area contributed by atoms with Crippen LogP contribution in [0.2, 0.25) is 0 Å². The number of rotatable bonds is 4. The molecule has 0 aliphatic carbocycles. The third-order valence-corrected chi connectivity index (χ3v) is 3.78. The summed E-state index contributed by atoms with van der Waals surface area (Å²) in [6.45, 7) is 4.07. The molecule has 0 fully saturated rings. The van der Waals surface area contributed by atoms with E-state index in [0.29, 0.717) is 6.42 Å². The number of carboxylic acid groups (broad SMARTS) is 1. The maximum absolute atomic E-state index is 10.9. The number of nitrogens with zero attached hydrogens (tertiary/aromatic N) is 2. The van der Waals surface area contributed by atoms with Gasteiger partial charge in [-0.25, -0.2) is 4.98 Å². The number of benzene rings is 1. The maximum atomic E-state index is 10.9. The van der Waals surface area contributed by atoms with Crippen LogP contribution in [0.3, 0.4) is 0 Å². The SMILES string of the molecule is Cc1ccc(-c2nc3cc(C)ccn3c2CCC(=O)O)cc1. The van der Waals surface area contributed by atoms with Gasteiger partial charge in [-0.05, 0) is 31.5 Å². The van der Waals surface area contributed by atoms with E-state index in [2.05, 4.69) is 0 Å². The molecule has 0 saturated carbocycles. The minimum absolute atomic E-state index is 0.0977. The van der Waals surface area contributed by atoms with Gasteiger partial charge in [0, 0.05) is 18.2 Å². The van der Waals surface area contributed by atoms with E-state index in [1.54, 1.807) is 0 Å². The molecule has 2 heterocycles. The average Bonchev–Trinajstić information content (AvgIpc) is 2.83. The number of hydrogen-bond donors (Lipinski definition) is 1. The Labute approximate surface area is 129 Å². The first-order chi connectivity index (χ1) is 10.5. The Balaban J connectivity index is 2.16. The maximum Gasteiger partial charge on any atom is 0.303 e. The molecule has 112 valence electrons. The van der Waals surface area contributed by atoms with Crippen molar-refractivity contribution in [1.29, 1.82) is 0 Å². The van der Waals surface area contributed by atoms with Crippen molar-refractivity contribution >= 4 is 11.6 Å². The van der Waals surface area contributed by atoms with Crippen LogP contribution in [-0.2, 0) is 11.2 Å². The van der Waals surface area contributed by atoms with E-state index in [1.807, 2.05) is 60.8 Å². The van der Waals surface area contributed by atoms with Crippen molar-refractivity contribution in [2.45, 2.75) is 26.7 Å². The van der Waals surface area contributed by atoms with Gasteiger partial charge in [0.25, 0.3) is 0 Å². The van der Waals surface area contributed by atoms with E-state index in [9.17, 15) is 4.79 Å². The predicted molar refractivity (Wildman–Crippen MR) is 86.1 cm³/mol. The van der Waals surface area contributed by atoms with Crippen molar-refractivity contribution < 1.29 is 9.90 Å². The van der Waals surface area contributed by atoms with Crippen LogP contribution in [0.1, 0.15) is 23.2 Å². The number of imidazole rings is 1. The van der Waals surface area contributed by atoms with E-state index >= 15 is 0 Å². The highest BCUT2D eigenvalue weighted by atomic mass is 16.4. The zero-order chi connectivity index (χ0) is 15.7. The highest BCUT2D eigenvalue weighted by Crippen LogP contribution is 2.26. The second-order valence-electron chi connectivity index (χ2n) is 5.60. The van der Waals surface area contributed by atoms with Crippen molar-refractivity contribution in [2.24, 2.45) is 0 Å². The molecule has 4 heteroatoms. The number of carboxylic acids is 1. The first-order valence-corrected chi connectivity index (χ1v) is 7.31. The monoisotopic (exact) mass is 294 g/mol. The van der Waals surface area contributed by atoms with Gasteiger partial charge in [-0.1, -0.05) is 29.8 Å². The molecule has 3 rings (SSSR count). The second-order valence-corrected chi connectivity index (χ2v) is 5.60. The highest BCUT2D eigenvalue weighted by molar-refractivity contribution is 5.70. The summed E-state index contributed by atoms with van der Waals surface area (Å²) in [7, 11) is 0. The van der Waals surface area contributed by atoms with Crippen LogP contribution in [0.5, 0.6) is 0 Å². The summed E-state index contributed by atoms with van der Waals surface area (Å²) in [5.74, 6) is -0.795. The van der Waals surface area contributed by atoms with Crippen molar-refractivity contribution in [2.75, 3.05) is 0 Å². The van der Waals surface area contributed by atoms with Gasteiger partial charge in [-0.3, -0.25) is 4.79 Å². The van der Waals surface area contributed by atoms with Crippen LogP contribution in [0.15, 0.2) is 42.6 Å². The topological polar surface area (TPSA) is 54.6 Å². The fourth-order valence-electron chi connectivity index (χ4n) is 2.60. The van der Waals surface area contributed by atoms with Crippen LogP contribution in [0.4, 0.5) is 0 Å². The molecular formula is C18H18N2O2. The largest absolute Gasteiger partial charge is 0.481 e. The van der Waals surface area contributed by atoms with Gasteiger partial charge >= 0.3 is 5.97 Å². The molecular weight excluding hydrogens is 276 g/mol. The lowest BCUT2D eigenvalue weighted by molar-refractivity contribution is -0.136. The summed E-state index contributed by atoms with van der Waals surface area (Å²) in [5, 5.41) is 9.00. The summed E-state index contributed by atoms with van der Waals surface area (Å²) in [6.07, 6.45) is 2.52. The Morgan fingerprint density at radius 2 is 1.86 bits per heavy atom. The summed E-state index contributed by atoms with van der Waals surface area (Å²) in [4.78, 5) is 15.7. The molecule has 0 bridgehead atoms. The molecule has 0 radical (unpaired) electrons. The van der Waals surface area contributed by atoms with Crippen LogP contribution < -0.4 is 0 Å². The number of fused-ring (bicyclic) bond motifs is 1. The average molecular weight is 294 g/mol. The predicted octanol–water partition coefficient (Wildman–Crippen LogP) is 3.64. The van der Waals surface area contributed by atoms with Gasteiger partial charge in [-0.15, -0.1) is 0 Å². The van der Waals surface area contributed by atoms with Gasteiger partial charge in [0.1, 0.15) is 5.65 Å². The minimum Gasteiger partial charge on any atom is -0.481 e. The van der Waals surface area contributed by atoms with E-state index in [1.165, 1.54) is 5.56 Å². The minimum atomic E-state index is -0.795. The second kappa shape index (κ2) is 5.64. The Hall–Kier alpha value is -2.62. The normalized spacial score (nSPS) is 11.0. The molecule has 0 saturated heterocycles. The lowest BCUT2D eigenvalue weighted by Gasteiger charge is -2.05. The van der Waals surface area contributed by atoms with E-state index in [0.717, 1.165) is 28.2 Å². The summed E-state index contributed by atoms with van der Waals surface area (Å²) in [6, 6.07) is 12.2. The number of aryl methyl sites for hydroxylation is 3. The third kappa shape index (κ3) is 2.72. The molecule has 1 N–H and O–H groups in total. The molecule has 0 aliphatic rings. The number of hydrogen-bond acceptors (Lipinski definition) is 2. The first kappa shape index (κ1) is 14.3. The van der Waals surface area contributed by atoms with E-state index in [4.69, 9.17) is 10.1 Å². The smallest absolute Gasteiger partial charge is 0.303 e. The van der Waals surface area contributed by atoms with Crippen molar-refractivity contribution in [3.63, 3.8) is 0 Å². The molecule has 1 aromatic carbocycles. The summed E-state index contributed by atoms with van der Waals surface area (Å²) in [5.41, 5.74) is 6.02. The zero-order valence-corrected chi connectivity index (χ0v) is 12.7. The molecule has 0 aliphatic heterocycles. The molecule has 0 amide bonds. The fraction of sp³-hybridized carbons (Fsp3) is 0.222. The van der Waals surface area contributed by atoms with Crippen molar-refractivity contribution in [3.05, 3.63) is 59.4 Å². The van der Waals surface area contributed by atoms with Crippen LogP contribution in [0.25, 0.3) is 16.9 Å². The Bertz CT molecular complexity index is 832. The van der Waals surface area contributed by atoms with E-state index in [-0.39, 0.29) is 6.42 Å². The fourth-order valence-corrected chi connectivity index (χ4v) is 2.60. The first-order valence-electron chi connectivity index (χ1n) is 7.31. The van der Waals surface area contributed by atoms with Gasteiger partial charge in [-0.2, -0.15) is 0 Å². The van der Waals surface area contributed by atoms with Gasteiger partial charge in [0.05, 0.1) is 17.8 Å². The third-order valence-electron chi connectivity index (χ3n) is 3.78. The molecule has 0 atom stereocenters. The molecule has 0 spiro atoms. The molecule has 22 heavy (non-hydrogen) atoms.